The van der Waals surface area contributed by atoms with Crippen LogP contribution in [0.5, 0.6) is 5.75 Å². The molecule has 0 radical (unpaired) electrons. The second kappa shape index (κ2) is 11.4. The summed E-state index contributed by atoms with van der Waals surface area (Å²) in [5.41, 5.74) is 2.53. The minimum atomic E-state index is -3.66. The van der Waals surface area contributed by atoms with E-state index in [4.69, 9.17) is 4.74 Å². The maximum absolute atomic E-state index is 12.6. The van der Waals surface area contributed by atoms with Gasteiger partial charge in [0.1, 0.15) is 5.75 Å². The van der Waals surface area contributed by atoms with E-state index in [1.165, 1.54) is 23.3 Å². The number of hydrogen-bond acceptors (Lipinski definition) is 5. The second-order valence-corrected chi connectivity index (χ2v) is 9.82. The van der Waals surface area contributed by atoms with Crippen molar-refractivity contribution in [2.24, 2.45) is 0 Å². The number of benzene rings is 2. The lowest BCUT2D eigenvalue weighted by Crippen LogP contribution is -2.37. The highest BCUT2D eigenvalue weighted by Gasteiger charge is 2.20. The van der Waals surface area contributed by atoms with E-state index in [9.17, 15) is 13.2 Å². The Hall–Kier alpha value is -2.42. The van der Waals surface area contributed by atoms with E-state index in [1.54, 1.807) is 12.1 Å². The first kappa shape index (κ1) is 24.2. The van der Waals surface area contributed by atoms with Crippen molar-refractivity contribution in [3.63, 3.8) is 0 Å². The van der Waals surface area contributed by atoms with E-state index in [1.807, 2.05) is 11.8 Å². The molecule has 7 nitrogen and oxygen atoms in total. The van der Waals surface area contributed by atoms with Crippen LogP contribution < -0.4 is 9.46 Å². The molecule has 3 rings (SSSR count). The normalized spacial score (nSPS) is 15.4. The summed E-state index contributed by atoms with van der Waals surface area (Å²) in [7, 11) is -3.66. The largest absolute Gasteiger partial charge is 0.494 e. The quantitative estimate of drug-likeness (QED) is 0.624. The fourth-order valence-corrected chi connectivity index (χ4v) is 4.78. The number of carbonyl (C=O) groups is 1. The van der Waals surface area contributed by atoms with E-state index in [0.717, 1.165) is 26.1 Å². The molecule has 0 spiro atoms. The Kier molecular flexibility index (Phi) is 8.67. The molecule has 2 aromatic rings. The zero-order valence-electron chi connectivity index (χ0n) is 18.9. The van der Waals surface area contributed by atoms with Crippen molar-refractivity contribution < 1.29 is 17.9 Å². The molecule has 1 amide bonds. The average Bonchev–Trinajstić information content (AvgIpc) is 3.01. The maximum atomic E-state index is 12.6. The van der Waals surface area contributed by atoms with Gasteiger partial charge in [0.25, 0.3) is 0 Å². The van der Waals surface area contributed by atoms with Gasteiger partial charge in [0, 0.05) is 45.7 Å². The molecular weight excluding hydrogens is 426 g/mol. The number of nitrogens with one attached hydrogen (secondary N) is 1. The summed E-state index contributed by atoms with van der Waals surface area (Å²) >= 11 is 0. The Balaban J connectivity index is 1.44. The highest BCUT2D eigenvalue weighted by atomic mass is 32.2. The number of sulfonamides is 1. The summed E-state index contributed by atoms with van der Waals surface area (Å²) in [5, 5.41) is 0. The smallest absolute Gasteiger partial charge is 0.240 e. The number of hydrogen-bond donors (Lipinski definition) is 1. The summed E-state index contributed by atoms with van der Waals surface area (Å²) < 4.78 is 32.8. The van der Waals surface area contributed by atoms with E-state index < -0.39 is 10.0 Å². The minimum Gasteiger partial charge on any atom is -0.494 e. The van der Waals surface area contributed by atoms with Gasteiger partial charge in [-0.1, -0.05) is 29.8 Å². The standard InChI is InChI=1S/C24H33N3O4S/c1-3-31-22-9-11-23(12-10-22)32(29,30)25-14-13-24(28)27-16-4-15-26(17-18-27)19-21-7-5-20(2)6-8-21/h5-12,25H,3-4,13-19H2,1-2H3. The SMILES string of the molecule is CCOc1ccc(S(=O)(=O)NCCC(=O)N2CCCN(Cc3ccc(C)cc3)CC2)cc1. The number of carbonyl (C=O) groups excluding carboxylic acids is 1. The topological polar surface area (TPSA) is 78.9 Å². The van der Waals surface area contributed by atoms with Crippen LogP contribution >= 0.6 is 0 Å². The number of rotatable bonds is 9. The lowest BCUT2D eigenvalue weighted by atomic mass is 10.1. The predicted molar refractivity (Wildman–Crippen MR) is 125 cm³/mol. The predicted octanol–water partition coefficient (Wildman–Crippen LogP) is 2.80. The first-order valence-electron chi connectivity index (χ1n) is 11.2. The zero-order valence-corrected chi connectivity index (χ0v) is 19.7. The molecule has 1 fully saturated rings. The number of nitrogens with zero attached hydrogens (tertiary/aromatic N) is 2. The van der Waals surface area contributed by atoms with Gasteiger partial charge in [-0.15, -0.1) is 0 Å². The third-order valence-electron chi connectivity index (χ3n) is 5.54. The number of amides is 1. The van der Waals surface area contributed by atoms with Crippen molar-refractivity contribution in [3.05, 3.63) is 59.7 Å². The van der Waals surface area contributed by atoms with E-state index in [0.29, 0.717) is 25.4 Å². The molecule has 174 valence electrons. The summed E-state index contributed by atoms with van der Waals surface area (Å²) in [6.07, 6.45) is 1.06. The Morgan fingerprint density at radius 3 is 2.41 bits per heavy atom. The van der Waals surface area contributed by atoms with Crippen LogP contribution in [0.2, 0.25) is 0 Å². The van der Waals surface area contributed by atoms with Gasteiger partial charge in [-0.05, 0) is 50.1 Å². The van der Waals surface area contributed by atoms with Gasteiger partial charge in [0.05, 0.1) is 11.5 Å². The summed E-state index contributed by atoms with van der Waals surface area (Å²) in [6, 6.07) is 14.8. The van der Waals surface area contributed by atoms with Gasteiger partial charge in [0.2, 0.25) is 15.9 Å². The first-order chi connectivity index (χ1) is 15.4. The molecule has 0 bridgehead atoms. The molecule has 0 aromatic heterocycles. The van der Waals surface area contributed by atoms with Crippen molar-refractivity contribution in [1.29, 1.82) is 0 Å². The van der Waals surface area contributed by atoms with Crippen LogP contribution in [-0.4, -0.2) is 63.5 Å². The van der Waals surface area contributed by atoms with E-state index in [-0.39, 0.29) is 23.8 Å². The third-order valence-corrected chi connectivity index (χ3v) is 7.02. The van der Waals surface area contributed by atoms with Crippen molar-refractivity contribution in [3.8, 4) is 5.75 Å². The summed E-state index contributed by atoms with van der Waals surface area (Å²) in [6.45, 7) is 8.56. The van der Waals surface area contributed by atoms with Crippen molar-refractivity contribution >= 4 is 15.9 Å². The van der Waals surface area contributed by atoms with Crippen molar-refractivity contribution in [2.45, 2.75) is 38.1 Å². The lowest BCUT2D eigenvalue weighted by Gasteiger charge is -2.22. The van der Waals surface area contributed by atoms with Gasteiger partial charge >= 0.3 is 0 Å². The second-order valence-electron chi connectivity index (χ2n) is 8.05. The monoisotopic (exact) mass is 459 g/mol. The van der Waals surface area contributed by atoms with Crippen LogP contribution in [0.4, 0.5) is 0 Å². The molecule has 1 saturated heterocycles. The highest BCUT2D eigenvalue weighted by molar-refractivity contribution is 7.89. The molecule has 0 unspecified atom stereocenters. The molecule has 0 atom stereocenters. The lowest BCUT2D eigenvalue weighted by molar-refractivity contribution is -0.130. The molecule has 0 saturated carbocycles. The molecule has 1 aliphatic rings. The Morgan fingerprint density at radius 1 is 1.00 bits per heavy atom. The van der Waals surface area contributed by atoms with Gasteiger partial charge in [-0.25, -0.2) is 13.1 Å². The summed E-state index contributed by atoms with van der Waals surface area (Å²) in [4.78, 5) is 17.0. The Labute approximate surface area is 191 Å². The molecular formula is C24H33N3O4S. The molecule has 2 aromatic carbocycles. The van der Waals surface area contributed by atoms with Crippen molar-refractivity contribution in [2.75, 3.05) is 39.3 Å². The molecule has 32 heavy (non-hydrogen) atoms. The number of ether oxygens (including phenoxy) is 1. The van der Waals surface area contributed by atoms with Crippen molar-refractivity contribution in [1.82, 2.24) is 14.5 Å². The highest BCUT2D eigenvalue weighted by Crippen LogP contribution is 2.16. The van der Waals surface area contributed by atoms with Crippen LogP contribution in [0.25, 0.3) is 0 Å². The first-order valence-corrected chi connectivity index (χ1v) is 12.6. The molecule has 1 heterocycles. The molecule has 1 aliphatic heterocycles. The van der Waals surface area contributed by atoms with Crippen LogP contribution in [0, 0.1) is 6.92 Å². The molecule has 8 heteroatoms. The van der Waals surface area contributed by atoms with Crippen LogP contribution in [0.15, 0.2) is 53.4 Å². The average molecular weight is 460 g/mol. The zero-order chi connectivity index (χ0) is 23.0. The van der Waals surface area contributed by atoms with Gasteiger partial charge in [-0.2, -0.15) is 0 Å². The number of aryl methyl sites for hydroxylation is 1. The Morgan fingerprint density at radius 2 is 1.72 bits per heavy atom. The third kappa shape index (κ3) is 7.05. The molecule has 1 N–H and O–H groups in total. The van der Waals surface area contributed by atoms with Gasteiger partial charge in [0.15, 0.2) is 0 Å². The van der Waals surface area contributed by atoms with Crippen LogP contribution in [0.3, 0.4) is 0 Å². The Bertz CT molecular complexity index is 975. The van der Waals surface area contributed by atoms with Crippen LogP contribution in [0.1, 0.15) is 30.9 Å². The fourth-order valence-electron chi connectivity index (χ4n) is 3.75. The van der Waals surface area contributed by atoms with Gasteiger partial charge < -0.3 is 9.64 Å². The van der Waals surface area contributed by atoms with E-state index in [2.05, 4.69) is 40.8 Å². The van der Waals surface area contributed by atoms with E-state index >= 15 is 0 Å². The summed E-state index contributed by atoms with van der Waals surface area (Å²) in [5.74, 6) is 0.607. The molecule has 0 aliphatic carbocycles. The van der Waals surface area contributed by atoms with Gasteiger partial charge in [-0.3, -0.25) is 9.69 Å². The minimum absolute atomic E-state index is 0.0171. The fraction of sp³-hybridized carbons (Fsp3) is 0.458. The maximum Gasteiger partial charge on any atom is 0.240 e. The van der Waals surface area contributed by atoms with Crippen LogP contribution in [-0.2, 0) is 21.4 Å².